The van der Waals surface area contributed by atoms with Crippen molar-refractivity contribution < 1.29 is 4.74 Å². The molecule has 0 bridgehead atoms. The van der Waals surface area contributed by atoms with Gasteiger partial charge in [-0.2, -0.15) is 0 Å². The smallest absolute Gasteiger partial charge is 0.0478 e. The van der Waals surface area contributed by atoms with E-state index >= 15 is 0 Å². The zero-order valence-electron chi connectivity index (χ0n) is 12.2. The third-order valence-corrected chi connectivity index (χ3v) is 4.09. The molecule has 0 saturated carbocycles. The van der Waals surface area contributed by atoms with E-state index in [0.29, 0.717) is 6.04 Å². The van der Waals surface area contributed by atoms with Crippen molar-refractivity contribution in [1.82, 2.24) is 5.32 Å². The zero-order chi connectivity index (χ0) is 13.4. The van der Waals surface area contributed by atoms with Crippen LogP contribution in [0.4, 0.5) is 0 Å². The van der Waals surface area contributed by atoms with E-state index in [1.807, 2.05) is 11.3 Å². The van der Waals surface area contributed by atoms with E-state index in [9.17, 15) is 0 Å². The van der Waals surface area contributed by atoms with Crippen molar-refractivity contribution in [1.29, 1.82) is 0 Å². The van der Waals surface area contributed by atoms with Gasteiger partial charge in [-0.15, -0.1) is 11.3 Å². The highest BCUT2D eigenvalue weighted by molar-refractivity contribution is 7.12. The molecule has 0 spiro atoms. The minimum Gasteiger partial charge on any atom is -0.381 e. The normalized spacial score (nSPS) is 12.9. The van der Waals surface area contributed by atoms with Crippen LogP contribution in [0.25, 0.3) is 0 Å². The molecule has 1 heterocycles. The molecule has 104 valence electrons. The first-order valence-corrected chi connectivity index (χ1v) is 7.84. The fraction of sp³-hybridized carbons (Fsp3) is 0.733. The molecule has 1 aromatic heterocycles. The summed E-state index contributed by atoms with van der Waals surface area (Å²) in [7, 11) is 0. The molecule has 3 heteroatoms. The number of hydrogen-bond acceptors (Lipinski definition) is 3. The number of thiophene rings is 1. The molecule has 0 radical (unpaired) electrons. The van der Waals surface area contributed by atoms with Gasteiger partial charge < -0.3 is 10.1 Å². The van der Waals surface area contributed by atoms with Crippen molar-refractivity contribution in [2.75, 3.05) is 19.8 Å². The molecular formula is C15H27NOS. The second-order valence-corrected chi connectivity index (χ2v) is 6.32. The Bertz CT molecular complexity index is 335. The van der Waals surface area contributed by atoms with Crippen LogP contribution < -0.4 is 5.32 Å². The lowest BCUT2D eigenvalue weighted by Gasteiger charge is -2.13. The minimum atomic E-state index is 0.450. The first kappa shape index (κ1) is 15.7. The lowest BCUT2D eigenvalue weighted by molar-refractivity contribution is 0.128. The van der Waals surface area contributed by atoms with Crippen LogP contribution in [0, 0.1) is 13.8 Å². The number of aryl methyl sites for hydroxylation is 2. The fourth-order valence-electron chi connectivity index (χ4n) is 2.03. The molecule has 2 nitrogen and oxygen atoms in total. The van der Waals surface area contributed by atoms with E-state index in [4.69, 9.17) is 4.74 Å². The first-order valence-electron chi connectivity index (χ1n) is 7.03. The monoisotopic (exact) mass is 269 g/mol. The van der Waals surface area contributed by atoms with Crippen LogP contribution in [0.2, 0.25) is 0 Å². The van der Waals surface area contributed by atoms with Crippen LogP contribution in [-0.4, -0.2) is 19.8 Å². The maximum absolute atomic E-state index is 5.55. The maximum atomic E-state index is 5.55. The summed E-state index contributed by atoms with van der Waals surface area (Å²) in [6.07, 6.45) is 3.49. The van der Waals surface area contributed by atoms with E-state index in [1.54, 1.807) is 0 Å². The molecule has 1 unspecified atom stereocenters. The zero-order valence-corrected chi connectivity index (χ0v) is 13.0. The lowest BCUT2D eigenvalue weighted by Crippen LogP contribution is -2.21. The Morgan fingerprint density at radius 3 is 2.61 bits per heavy atom. The van der Waals surface area contributed by atoms with E-state index < -0.39 is 0 Å². The number of unbranched alkanes of at least 4 members (excludes halogenated alkanes) is 1. The summed E-state index contributed by atoms with van der Waals surface area (Å²) in [6, 6.07) is 2.75. The number of nitrogens with one attached hydrogen (secondary N) is 1. The molecule has 0 aromatic carbocycles. The summed E-state index contributed by atoms with van der Waals surface area (Å²) >= 11 is 1.89. The van der Waals surface area contributed by atoms with Crippen molar-refractivity contribution >= 4 is 11.3 Å². The standard InChI is InChI=1S/C15H27NOS/c1-5-6-9-17-10-7-8-16-13(3)15-11-12(2)18-14(15)4/h11,13,16H,5-10H2,1-4H3. The largest absolute Gasteiger partial charge is 0.381 e. The average molecular weight is 269 g/mol. The van der Waals surface area contributed by atoms with Crippen LogP contribution in [-0.2, 0) is 4.74 Å². The lowest BCUT2D eigenvalue weighted by atomic mass is 10.1. The summed E-state index contributed by atoms with van der Waals surface area (Å²) in [6.45, 7) is 11.6. The number of ether oxygens (including phenoxy) is 1. The van der Waals surface area contributed by atoms with E-state index in [1.165, 1.54) is 28.2 Å². The van der Waals surface area contributed by atoms with Gasteiger partial charge in [0.05, 0.1) is 0 Å². The Hall–Kier alpha value is -0.380. The van der Waals surface area contributed by atoms with Crippen molar-refractivity contribution in [3.05, 3.63) is 21.4 Å². The van der Waals surface area contributed by atoms with Gasteiger partial charge in [0.15, 0.2) is 0 Å². The maximum Gasteiger partial charge on any atom is 0.0478 e. The molecule has 0 amide bonds. The Morgan fingerprint density at radius 2 is 2.00 bits per heavy atom. The van der Waals surface area contributed by atoms with Gasteiger partial charge in [0.25, 0.3) is 0 Å². The molecule has 0 fully saturated rings. The Morgan fingerprint density at radius 1 is 1.28 bits per heavy atom. The second kappa shape index (κ2) is 8.68. The average Bonchev–Trinajstić information content (AvgIpc) is 2.67. The van der Waals surface area contributed by atoms with E-state index in [-0.39, 0.29) is 0 Å². The highest BCUT2D eigenvalue weighted by Gasteiger charge is 2.09. The quantitative estimate of drug-likeness (QED) is 0.678. The van der Waals surface area contributed by atoms with Gasteiger partial charge in [0.2, 0.25) is 0 Å². The van der Waals surface area contributed by atoms with Gasteiger partial charge >= 0.3 is 0 Å². The molecule has 0 aliphatic rings. The fourth-order valence-corrected chi connectivity index (χ4v) is 3.05. The molecule has 1 atom stereocenters. The molecular weight excluding hydrogens is 242 g/mol. The predicted molar refractivity (Wildman–Crippen MR) is 80.6 cm³/mol. The predicted octanol–water partition coefficient (Wildman–Crippen LogP) is 4.22. The van der Waals surface area contributed by atoms with E-state index in [2.05, 4.69) is 39.1 Å². The van der Waals surface area contributed by atoms with Crippen molar-refractivity contribution in [2.45, 2.75) is 53.0 Å². The molecule has 0 aliphatic carbocycles. The third kappa shape index (κ3) is 5.51. The van der Waals surface area contributed by atoms with Gasteiger partial charge in [0.1, 0.15) is 0 Å². The van der Waals surface area contributed by atoms with Gasteiger partial charge in [-0.1, -0.05) is 13.3 Å². The SMILES string of the molecule is CCCCOCCCNC(C)c1cc(C)sc1C. The summed E-state index contributed by atoms with van der Waals surface area (Å²) in [4.78, 5) is 2.84. The van der Waals surface area contributed by atoms with Gasteiger partial charge in [-0.25, -0.2) is 0 Å². The first-order chi connectivity index (χ1) is 8.65. The molecule has 0 saturated heterocycles. The summed E-state index contributed by atoms with van der Waals surface area (Å²) in [5.74, 6) is 0. The van der Waals surface area contributed by atoms with Crippen molar-refractivity contribution in [3.8, 4) is 0 Å². The van der Waals surface area contributed by atoms with Gasteiger partial charge in [-0.3, -0.25) is 0 Å². The van der Waals surface area contributed by atoms with Crippen LogP contribution in [0.5, 0.6) is 0 Å². The van der Waals surface area contributed by atoms with Crippen LogP contribution in [0.1, 0.15) is 54.5 Å². The molecule has 1 aromatic rings. The highest BCUT2D eigenvalue weighted by Crippen LogP contribution is 2.25. The summed E-state index contributed by atoms with van der Waals surface area (Å²) < 4.78 is 5.55. The third-order valence-electron chi connectivity index (χ3n) is 3.10. The van der Waals surface area contributed by atoms with Gasteiger partial charge in [0, 0.05) is 29.0 Å². The Labute approximate surface area is 116 Å². The topological polar surface area (TPSA) is 21.3 Å². The van der Waals surface area contributed by atoms with Crippen LogP contribution >= 0.6 is 11.3 Å². The minimum absolute atomic E-state index is 0.450. The van der Waals surface area contributed by atoms with Crippen molar-refractivity contribution in [3.63, 3.8) is 0 Å². The summed E-state index contributed by atoms with van der Waals surface area (Å²) in [5.41, 5.74) is 1.45. The van der Waals surface area contributed by atoms with Crippen molar-refractivity contribution in [2.24, 2.45) is 0 Å². The Kier molecular flexibility index (Phi) is 7.56. The Balaban J connectivity index is 2.14. The second-order valence-electron chi connectivity index (χ2n) is 4.86. The van der Waals surface area contributed by atoms with Crippen LogP contribution in [0.15, 0.2) is 6.07 Å². The molecule has 1 rings (SSSR count). The molecule has 1 N–H and O–H groups in total. The number of rotatable bonds is 9. The van der Waals surface area contributed by atoms with E-state index in [0.717, 1.165) is 26.2 Å². The van der Waals surface area contributed by atoms with Gasteiger partial charge in [-0.05, 0) is 51.8 Å². The summed E-state index contributed by atoms with van der Waals surface area (Å²) in [5, 5.41) is 3.57. The molecule has 18 heavy (non-hydrogen) atoms. The van der Waals surface area contributed by atoms with Crippen LogP contribution in [0.3, 0.4) is 0 Å². The highest BCUT2D eigenvalue weighted by atomic mass is 32.1. The molecule has 0 aliphatic heterocycles. The number of hydrogen-bond donors (Lipinski definition) is 1.